The Morgan fingerprint density at radius 2 is 2.04 bits per heavy atom. The third-order valence-corrected chi connectivity index (χ3v) is 4.67. The molecule has 0 saturated carbocycles. The quantitative estimate of drug-likeness (QED) is 0.711. The second kappa shape index (κ2) is 6.76. The number of hydrogen-bond acceptors (Lipinski definition) is 6. The molecule has 130 valence electrons. The zero-order chi connectivity index (χ0) is 17.2. The minimum atomic E-state index is 0.279. The second-order valence-electron chi connectivity index (χ2n) is 6.37. The number of aromatic nitrogens is 5. The van der Waals surface area contributed by atoms with Crippen molar-refractivity contribution in [1.82, 2.24) is 24.9 Å². The van der Waals surface area contributed by atoms with Crippen LogP contribution in [0.25, 0.3) is 5.69 Å². The van der Waals surface area contributed by atoms with Crippen LogP contribution in [0.1, 0.15) is 41.0 Å². The van der Waals surface area contributed by atoms with E-state index in [9.17, 15) is 0 Å². The van der Waals surface area contributed by atoms with E-state index in [1.54, 1.807) is 12.4 Å². The highest BCUT2D eigenvalue weighted by molar-refractivity contribution is 5.30. The van der Waals surface area contributed by atoms with E-state index in [-0.39, 0.29) is 5.92 Å². The first-order valence-corrected chi connectivity index (χ1v) is 8.58. The first-order valence-electron chi connectivity index (χ1n) is 8.58. The van der Waals surface area contributed by atoms with Gasteiger partial charge in [0.1, 0.15) is 11.6 Å². The lowest BCUT2D eigenvalue weighted by molar-refractivity contribution is 0.193. The molecular formula is C18H21N5O2. The average molecular weight is 339 g/mol. The smallest absolute Gasteiger partial charge is 0.156 e. The van der Waals surface area contributed by atoms with Gasteiger partial charge in [0.25, 0.3) is 0 Å². The molecule has 1 atom stereocenters. The molecule has 1 aliphatic heterocycles. The lowest BCUT2D eigenvalue weighted by atomic mass is 10.1. The van der Waals surface area contributed by atoms with Crippen molar-refractivity contribution in [3.8, 4) is 5.69 Å². The predicted octanol–water partition coefficient (Wildman–Crippen LogP) is 2.56. The first-order chi connectivity index (χ1) is 12.2. The van der Waals surface area contributed by atoms with Crippen molar-refractivity contribution in [1.29, 1.82) is 0 Å². The summed E-state index contributed by atoms with van der Waals surface area (Å²) in [5.41, 5.74) is 3.06. The number of nitrogens with zero attached hydrogens (tertiary/aromatic N) is 5. The van der Waals surface area contributed by atoms with Gasteiger partial charge in [0.2, 0.25) is 0 Å². The topological polar surface area (TPSA) is 78.9 Å². The van der Waals surface area contributed by atoms with Crippen molar-refractivity contribution < 1.29 is 9.26 Å². The Bertz CT molecular complexity index is 830. The molecule has 1 fully saturated rings. The summed E-state index contributed by atoms with van der Waals surface area (Å²) < 4.78 is 12.7. The van der Waals surface area contributed by atoms with Crippen LogP contribution < -0.4 is 0 Å². The van der Waals surface area contributed by atoms with Gasteiger partial charge in [0.05, 0.1) is 18.0 Å². The summed E-state index contributed by atoms with van der Waals surface area (Å²) in [6.07, 6.45) is 6.11. The lowest BCUT2D eigenvalue weighted by Crippen LogP contribution is -2.05. The van der Waals surface area contributed by atoms with Crippen LogP contribution in [0.2, 0.25) is 0 Å². The normalized spacial score (nSPS) is 17.3. The molecule has 0 bridgehead atoms. The molecular weight excluding hydrogens is 318 g/mol. The van der Waals surface area contributed by atoms with Gasteiger partial charge in [0, 0.05) is 36.9 Å². The Kier molecular flexibility index (Phi) is 4.31. The molecule has 1 saturated heterocycles. The molecule has 25 heavy (non-hydrogen) atoms. The van der Waals surface area contributed by atoms with Gasteiger partial charge in [-0.05, 0) is 38.8 Å². The summed E-state index contributed by atoms with van der Waals surface area (Å²) in [4.78, 5) is 8.92. The summed E-state index contributed by atoms with van der Waals surface area (Å²) in [5, 5.41) is 8.80. The van der Waals surface area contributed by atoms with E-state index in [2.05, 4.69) is 10.1 Å². The van der Waals surface area contributed by atoms with Crippen LogP contribution in [0.15, 0.2) is 29.0 Å². The van der Waals surface area contributed by atoms with E-state index >= 15 is 0 Å². The van der Waals surface area contributed by atoms with Crippen molar-refractivity contribution in [2.24, 2.45) is 0 Å². The zero-order valence-electron chi connectivity index (χ0n) is 14.5. The molecule has 7 heteroatoms. The van der Waals surface area contributed by atoms with E-state index < -0.39 is 0 Å². The molecule has 3 aromatic heterocycles. The minimum absolute atomic E-state index is 0.279. The monoisotopic (exact) mass is 339 g/mol. The van der Waals surface area contributed by atoms with E-state index in [1.165, 1.54) is 0 Å². The van der Waals surface area contributed by atoms with Gasteiger partial charge in [-0.3, -0.25) is 4.98 Å². The molecule has 1 aliphatic rings. The summed E-state index contributed by atoms with van der Waals surface area (Å²) in [6, 6.07) is 3.89. The fourth-order valence-electron chi connectivity index (χ4n) is 3.22. The fourth-order valence-corrected chi connectivity index (χ4v) is 3.22. The molecule has 0 spiro atoms. The molecule has 4 rings (SSSR count). The van der Waals surface area contributed by atoms with Crippen molar-refractivity contribution in [2.45, 2.75) is 39.0 Å². The van der Waals surface area contributed by atoms with Crippen molar-refractivity contribution in [2.75, 3.05) is 13.2 Å². The maximum Gasteiger partial charge on any atom is 0.156 e. The maximum absolute atomic E-state index is 5.50. The van der Waals surface area contributed by atoms with Crippen molar-refractivity contribution in [3.63, 3.8) is 0 Å². The molecule has 4 heterocycles. The molecule has 0 amide bonds. The third kappa shape index (κ3) is 3.19. The van der Waals surface area contributed by atoms with Gasteiger partial charge >= 0.3 is 0 Å². The highest BCUT2D eigenvalue weighted by Gasteiger charge is 2.24. The van der Waals surface area contributed by atoms with Crippen LogP contribution in [0.5, 0.6) is 0 Å². The zero-order valence-corrected chi connectivity index (χ0v) is 14.5. The molecule has 0 radical (unpaired) electrons. The minimum Gasteiger partial charge on any atom is -0.381 e. The lowest BCUT2D eigenvalue weighted by Gasteiger charge is -2.05. The van der Waals surface area contributed by atoms with E-state index in [1.807, 2.05) is 30.7 Å². The number of ether oxygens (including phenoxy) is 1. The number of aryl methyl sites for hydroxylation is 3. The summed E-state index contributed by atoms with van der Waals surface area (Å²) in [7, 11) is 0. The molecule has 0 aromatic carbocycles. The van der Waals surface area contributed by atoms with Gasteiger partial charge in [-0.15, -0.1) is 0 Å². The SMILES string of the molecule is Cc1noc(C)c1CCc1nc([C@@H]2CCOC2)nn1-c1ccncc1. The van der Waals surface area contributed by atoms with Crippen LogP contribution in [-0.2, 0) is 17.6 Å². The van der Waals surface area contributed by atoms with Crippen LogP contribution in [0.4, 0.5) is 0 Å². The molecule has 7 nitrogen and oxygen atoms in total. The average Bonchev–Trinajstić information content (AvgIpc) is 3.35. The van der Waals surface area contributed by atoms with Crippen LogP contribution in [0, 0.1) is 13.8 Å². The van der Waals surface area contributed by atoms with Gasteiger partial charge in [-0.1, -0.05) is 5.16 Å². The van der Waals surface area contributed by atoms with Gasteiger partial charge in [-0.25, -0.2) is 9.67 Å². The van der Waals surface area contributed by atoms with E-state index in [0.29, 0.717) is 6.61 Å². The standard InChI is InChI=1S/C18H21N5O2/c1-12-16(13(2)25-22-12)3-4-17-20-18(14-7-10-24-11-14)21-23(17)15-5-8-19-9-6-15/h5-6,8-9,14H,3-4,7,10-11H2,1-2H3/t14-/m1/s1. The highest BCUT2D eigenvalue weighted by Crippen LogP contribution is 2.24. The summed E-state index contributed by atoms with van der Waals surface area (Å²) in [6.45, 7) is 5.40. The largest absolute Gasteiger partial charge is 0.381 e. The van der Waals surface area contributed by atoms with E-state index in [0.717, 1.165) is 60.2 Å². The van der Waals surface area contributed by atoms with Gasteiger partial charge < -0.3 is 9.26 Å². The molecule has 3 aromatic rings. The predicted molar refractivity (Wildman–Crippen MR) is 90.7 cm³/mol. The Morgan fingerprint density at radius 3 is 2.72 bits per heavy atom. The number of hydrogen-bond donors (Lipinski definition) is 0. The Labute approximate surface area is 146 Å². The second-order valence-corrected chi connectivity index (χ2v) is 6.37. The molecule has 0 N–H and O–H groups in total. The van der Waals surface area contributed by atoms with Crippen LogP contribution >= 0.6 is 0 Å². The summed E-state index contributed by atoms with van der Waals surface area (Å²) in [5.74, 6) is 2.95. The fraction of sp³-hybridized carbons (Fsp3) is 0.444. The Morgan fingerprint density at radius 1 is 1.20 bits per heavy atom. The van der Waals surface area contributed by atoms with E-state index in [4.69, 9.17) is 19.3 Å². The molecule has 0 aliphatic carbocycles. The van der Waals surface area contributed by atoms with Crippen LogP contribution in [0.3, 0.4) is 0 Å². The Hall–Kier alpha value is -2.54. The highest BCUT2D eigenvalue weighted by atomic mass is 16.5. The van der Waals surface area contributed by atoms with Gasteiger partial charge in [-0.2, -0.15) is 5.10 Å². The summed E-state index contributed by atoms with van der Waals surface area (Å²) >= 11 is 0. The molecule has 0 unspecified atom stereocenters. The maximum atomic E-state index is 5.50. The number of pyridine rings is 1. The number of rotatable bonds is 5. The van der Waals surface area contributed by atoms with Crippen molar-refractivity contribution in [3.05, 3.63) is 53.2 Å². The van der Waals surface area contributed by atoms with Gasteiger partial charge in [0.15, 0.2) is 5.82 Å². The van der Waals surface area contributed by atoms with Crippen LogP contribution in [-0.4, -0.2) is 38.1 Å². The first kappa shape index (κ1) is 16.0. The Balaban J connectivity index is 1.65. The third-order valence-electron chi connectivity index (χ3n) is 4.67. The van der Waals surface area contributed by atoms with Crippen molar-refractivity contribution >= 4 is 0 Å².